The lowest BCUT2D eigenvalue weighted by molar-refractivity contribution is -0.125. The minimum Gasteiger partial charge on any atom is -0.379 e. The van der Waals surface area contributed by atoms with Gasteiger partial charge < -0.3 is 15.8 Å². The highest BCUT2D eigenvalue weighted by atomic mass is 16.5. The summed E-state index contributed by atoms with van der Waals surface area (Å²) in [6, 6.07) is -0.177. The third-order valence-corrected chi connectivity index (χ3v) is 2.82. The molecular formula is C10H17N5O2. The molecule has 0 aliphatic carbocycles. The summed E-state index contributed by atoms with van der Waals surface area (Å²) < 4.78 is 5.15. The van der Waals surface area contributed by atoms with Gasteiger partial charge in [0.05, 0.1) is 19.1 Å². The van der Waals surface area contributed by atoms with Crippen molar-refractivity contribution in [3.63, 3.8) is 0 Å². The minimum absolute atomic E-state index is 0.0208. The van der Waals surface area contributed by atoms with Gasteiger partial charge in [-0.3, -0.25) is 9.89 Å². The van der Waals surface area contributed by atoms with Gasteiger partial charge in [0, 0.05) is 19.0 Å². The van der Waals surface area contributed by atoms with Gasteiger partial charge in [-0.1, -0.05) is 0 Å². The van der Waals surface area contributed by atoms with E-state index in [1.807, 2.05) is 0 Å². The predicted octanol–water partition coefficient (Wildman–Crippen LogP) is -1.17. The zero-order chi connectivity index (χ0) is 12.1. The zero-order valence-corrected chi connectivity index (χ0v) is 9.56. The van der Waals surface area contributed by atoms with Crippen LogP contribution in [0.15, 0.2) is 6.33 Å². The number of H-pyrrole nitrogens is 1. The first-order valence-electron chi connectivity index (χ1n) is 5.72. The average Bonchev–Trinajstić information content (AvgIpc) is 2.95. The fourth-order valence-corrected chi connectivity index (χ4v) is 1.79. The summed E-state index contributed by atoms with van der Waals surface area (Å²) in [5.41, 5.74) is 5.75. The average molecular weight is 239 g/mol. The molecule has 1 aromatic rings. The number of amides is 1. The smallest absolute Gasteiger partial charge is 0.227 e. The van der Waals surface area contributed by atoms with Gasteiger partial charge in [0.15, 0.2) is 0 Å². The first kappa shape index (κ1) is 12.0. The molecule has 1 saturated heterocycles. The number of carbonyl (C=O) groups is 1. The molecule has 2 unspecified atom stereocenters. The number of nitrogens with zero attached hydrogens (tertiary/aromatic N) is 2. The van der Waals surface area contributed by atoms with E-state index in [0.29, 0.717) is 19.8 Å². The van der Waals surface area contributed by atoms with Gasteiger partial charge in [0.1, 0.15) is 12.2 Å². The van der Waals surface area contributed by atoms with Crippen molar-refractivity contribution in [3.8, 4) is 0 Å². The molecule has 0 radical (unpaired) electrons. The molecule has 17 heavy (non-hydrogen) atoms. The number of ether oxygens (including phenoxy) is 1. The molecule has 1 fully saturated rings. The van der Waals surface area contributed by atoms with Crippen LogP contribution in [0.25, 0.3) is 0 Å². The lowest BCUT2D eigenvalue weighted by atomic mass is 10.0. The quantitative estimate of drug-likeness (QED) is 0.561. The van der Waals surface area contributed by atoms with E-state index in [0.717, 1.165) is 18.7 Å². The Kier molecular flexibility index (Phi) is 4.05. The topological polar surface area (TPSA) is 106 Å². The Balaban J connectivity index is 1.63. The maximum atomic E-state index is 11.7. The van der Waals surface area contributed by atoms with Crippen molar-refractivity contribution < 1.29 is 9.53 Å². The molecule has 7 heteroatoms. The molecule has 0 aromatic carbocycles. The van der Waals surface area contributed by atoms with Crippen molar-refractivity contribution in [2.75, 3.05) is 19.8 Å². The van der Waals surface area contributed by atoms with Gasteiger partial charge in [-0.05, 0) is 6.42 Å². The molecule has 0 saturated carbocycles. The van der Waals surface area contributed by atoms with E-state index in [2.05, 4.69) is 20.5 Å². The number of hydrogen-bond donors (Lipinski definition) is 3. The van der Waals surface area contributed by atoms with Crippen molar-refractivity contribution in [2.24, 2.45) is 11.7 Å². The van der Waals surface area contributed by atoms with Gasteiger partial charge in [-0.2, -0.15) is 5.10 Å². The molecule has 1 aromatic heterocycles. The number of hydrogen-bond acceptors (Lipinski definition) is 5. The molecule has 2 atom stereocenters. The Morgan fingerprint density at radius 1 is 1.65 bits per heavy atom. The largest absolute Gasteiger partial charge is 0.379 e. The third kappa shape index (κ3) is 3.24. The van der Waals surface area contributed by atoms with E-state index in [4.69, 9.17) is 10.5 Å². The molecule has 1 aliphatic heterocycles. The highest BCUT2D eigenvalue weighted by molar-refractivity contribution is 5.79. The number of aromatic nitrogens is 3. The lowest BCUT2D eigenvalue weighted by Gasteiger charge is -2.12. The first-order valence-corrected chi connectivity index (χ1v) is 5.72. The Morgan fingerprint density at radius 2 is 2.53 bits per heavy atom. The third-order valence-electron chi connectivity index (χ3n) is 2.82. The first-order chi connectivity index (χ1) is 8.27. The van der Waals surface area contributed by atoms with Gasteiger partial charge in [-0.15, -0.1) is 0 Å². The monoisotopic (exact) mass is 239 g/mol. The second kappa shape index (κ2) is 5.74. The standard InChI is InChI=1S/C10H17N5O2/c11-8-5-17-4-7(8)10(16)12-3-1-2-9-13-6-14-15-9/h6-8H,1-5,11H2,(H,12,16)(H,13,14,15). The van der Waals surface area contributed by atoms with Crippen LogP contribution < -0.4 is 11.1 Å². The Hall–Kier alpha value is -1.47. The van der Waals surface area contributed by atoms with Crippen LogP contribution >= 0.6 is 0 Å². The molecule has 0 bridgehead atoms. The summed E-state index contributed by atoms with van der Waals surface area (Å²) in [4.78, 5) is 15.7. The number of rotatable bonds is 5. The predicted molar refractivity (Wildman–Crippen MR) is 60.0 cm³/mol. The fraction of sp³-hybridized carbons (Fsp3) is 0.700. The van der Waals surface area contributed by atoms with Crippen molar-refractivity contribution in [2.45, 2.75) is 18.9 Å². The molecule has 2 heterocycles. The molecule has 4 N–H and O–H groups in total. The number of nitrogens with two attached hydrogens (primary N) is 1. The van der Waals surface area contributed by atoms with Crippen LogP contribution in [0.5, 0.6) is 0 Å². The minimum atomic E-state index is -0.208. The lowest BCUT2D eigenvalue weighted by Crippen LogP contribution is -2.41. The van der Waals surface area contributed by atoms with Gasteiger partial charge in [-0.25, -0.2) is 4.98 Å². The normalized spacial score (nSPS) is 23.8. The second-order valence-electron chi connectivity index (χ2n) is 4.13. The fourth-order valence-electron chi connectivity index (χ4n) is 1.79. The summed E-state index contributed by atoms with van der Waals surface area (Å²) in [5.74, 6) is 0.605. The van der Waals surface area contributed by atoms with E-state index in [-0.39, 0.29) is 17.9 Å². The zero-order valence-electron chi connectivity index (χ0n) is 9.56. The van der Waals surface area contributed by atoms with E-state index in [9.17, 15) is 4.79 Å². The number of aryl methyl sites for hydroxylation is 1. The van der Waals surface area contributed by atoms with Crippen LogP contribution in [0.3, 0.4) is 0 Å². The summed E-state index contributed by atoms with van der Waals surface area (Å²) in [7, 11) is 0. The van der Waals surface area contributed by atoms with Crippen LogP contribution in [-0.4, -0.2) is 46.9 Å². The summed E-state index contributed by atoms with van der Waals surface area (Å²) >= 11 is 0. The van der Waals surface area contributed by atoms with Crippen LogP contribution in [-0.2, 0) is 16.0 Å². The Morgan fingerprint density at radius 3 is 3.18 bits per heavy atom. The van der Waals surface area contributed by atoms with Crippen LogP contribution in [0.2, 0.25) is 0 Å². The van der Waals surface area contributed by atoms with Gasteiger partial charge >= 0.3 is 0 Å². The highest BCUT2D eigenvalue weighted by Crippen LogP contribution is 2.11. The number of nitrogens with one attached hydrogen (secondary N) is 2. The highest BCUT2D eigenvalue weighted by Gasteiger charge is 2.30. The van der Waals surface area contributed by atoms with Crippen molar-refractivity contribution in [3.05, 3.63) is 12.2 Å². The molecule has 1 amide bonds. The molecule has 0 spiro atoms. The van der Waals surface area contributed by atoms with E-state index in [1.54, 1.807) is 0 Å². The van der Waals surface area contributed by atoms with Gasteiger partial charge in [0.2, 0.25) is 5.91 Å². The maximum Gasteiger partial charge on any atom is 0.227 e. The van der Waals surface area contributed by atoms with Crippen molar-refractivity contribution >= 4 is 5.91 Å². The molecule has 2 rings (SSSR count). The molecule has 94 valence electrons. The van der Waals surface area contributed by atoms with Crippen molar-refractivity contribution in [1.82, 2.24) is 20.5 Å². The second-order valence-corrected chi connectivity index (χ2v) is 4.13. The van der Waals surface area contributed by atoms with Crippen molar-refractivity contribution in [1.29, 1.82) is 0 Å². The molecule has 7 nitrogen and oxygen atoms in total. The Bertz CT molecular complexity index is 354. The number of aromatic amines is 1. The van der Waals surface area contributed by atoms with Crippen LogP contribution in [0.1, 0.15) is 12.2 Å². The van der Waals surface area contributed by atoms with Crippen LogP contribution in [0.4, 0.5) is 0 Å². The van der Waals surface area contributed by atoms with Gasteiger partial charge in [0.25, 0.3) is 0 Å². The van der Waals surface area contributed by atoms with E-state index in [1.165, 1.54) is 6.33 Å². The van der Waals surface area contributed by atoms with E-state index >= 15 is 0 Å². The van der Waals surface area contributed by atoms with E-state index < -0.39 is 0 Å². The SMILES string of the molecule is NC1COCC1C(=O)NCCCc1ncn[nH]1. The molecular weight excluding hydrogens is 222 g/mol. The summed E-state index contributed by atoms with van der Waals surface area (Å²) in [5, 5.41) is 9.38. The molecule has 1 aliphatic rings. The number of carbonyl (C=O) groups excluding carboxylic acids is 1. The maximum absolute atomic E-state index is 11.7. The summed E-state index contributed by atoms with van der Waals surface area (Å²) in [6.07, 6.45) is 3.07. The summed E-state index contributed by atoms with van der Waals surface area (Å²) in [6.45, 7) is 1.51. The Labute approximate surface area is 99.1 Å². The van der Waals surface area contributed by atoms with Crippen LogP contribution in [0, 0.1) is 5.92 Å².